The zero-order valence-electron chi connectivity index (χ0n) is 12.4. The number of esters is 1. The highest BCUT2D eigenvalue weighted by Crippen LogP contribution is 2.17. The van der Waals surface area contributed by atoms with Crippen LogP contribution in [0.25, 0.3) is 0 Å². The van der Waals surface area contributed by atoms with E-state index in [0.717, 1.165) is 18.7 Å². The van der Waals surface area contributed by atoms with E-state index in [4.69, 9.17) is 4.74 Å². The number of ether oxygens (including phenoxy) is 2. The molecule has 0 aromatic heterocycles. The summed E-state index contributed by atoms with van der Waals surface area (Å²) in [7, 11) is 1.34. The van der Waals surface area contributed by atoms with Gasteiger partial charge < -0.3 is 19.7 Å². The topological polar surface area (TPSA) is 69.1 Å². The first-order valence-electron chi connectivity index (χ1n) is 7.00. The number of rotatable bonds is 4. The highest BCUT2D eigenvalue weighted by atomic mass is 16.5. The van der Waals surface area contributed by atoms with Crippen molar-refractivity contribution in [1.29, 1.82) is 0 Å². The van der Waals surface area contributed by atoms with Gasteiger partial charge >= 0.3 is 5.97 Å². The molecule has 0 unspecified atom stereocenters. The molecule has 2 rings (SSSR count). The number of carbonyl (C=O) groups excluding carboxylic acids is 2. The van der Waals surface area contributed by atoms with Crippen LogP contribution in [0.1, 0.15) is 15.9 Å². The number of hydrogen-bond donors (Lipinski definition) is 2. The second-order valence-corrected chi connectivity index (χ2v) is 5.11. The van der Waals surface area contributed by atoms with Gasteiger partial charge in [0.1, 0.15) is 13.1 Å². The Morgan fingerprint density at radius 3 is 2.71 bits per heavy atom. The fraction of sp³-hybridized carbons (Fsp3) is 0.467. The first-order chi connectivity index (χ1) is 10.1. The fourth-order valence-corrected chi connectivity index (χ4v) is 2.26. The quantitative estimate of drug-likeness (QED) is 0.744. The number of amides is 1. The molecule has 1 aliphatic heterocycles. The minimum absolute atomic E-state index is 0.0583. The smallest absolute Gasteiger partial charge is 0.337 e. The van der Waals surface area contributed by atoms with E-state index in [9.17, 15) is 9.59 Å². The summed E-state index contributed by atoms with van der Waals surface area (Å²) in [6, 6.07) is 5.13. The molecular weight excluding hydrogens is 272 g/mol. The maximum absolute atomic E-state index is 12.1. The molecule has 6 heteroatoms. The molecule has 1 fully saturated rings. The second-order valence-electron chi connectivity index (χ2n) is 5.11. The van der Waals surface area contributed by atoms with Crippen molar-refractivity contribution in [2.24, 2.45) is 0 Å². The van der Waals surface area contributed by atoms with Crippen molar-refractivity contribution < 1.29 is 24.0 Å². The highest BCUT2D eigenvalue weighted by molar-refractivity contribution is 5.95. The highest BCUT2D eigenvalue weighted by Gasteiger charge is 2.18. The van der Waals surface area contributed by atoms with Gasteiger partial charge in [0.15, 0.2) is 6.54 Å². The predicted molar refractivity (Wildman–Crippen MR) is 77.5 cm³/mol. The van der Waals surface area contributed by atoms with Crippen molar-refractivity contribution >= 4 is 17.6 Å². The second kappa shape index (κ2) is 7.19. The van der Waals surface area contributed by atoms with Crippen molar-refractivity contribution in [3.05, 3.63) is 29.3 Å². The average Bonchev–Trinajstić information content (AvgIpc) is 2.49. The number of morpholine rings is 1. The van der Waals surface area contributed by atoms with Crippen molar-refractivity contribution in [3.63, 3.8) is 0 Å². The Labute approximate surface area is 124 Å². The van der Waals surface area contributed by atoms with Crippen molar-refractivity contribution in [2.45, 2.75) is 6.92 Å². The van der Waals surface area contributed by atoms with Crippen molar-refractivity contribution in [1.82, 2.24) is 0 Å². The van der Waals surface area contributed by atoms with Crippen LogP contribution in [0, 0.1) is 6.92 Å². The fourth-order valence-electron chi connectivity index (χ4n) is 2.26. The van der Waals surface area contributed by atoms with Gasteiger partial charge in [-0.05, 0) is 24.6 Å². The predicted octanol–water partition coefficient (Wildman–Crippen LogP) is -0.365. The Morgan fingerprint density at radius 2 is 2.05 bits per heavy atom. The average molecular weight is 293 g/mol. The molecule has 114 valence electrons. The molecule has 0 saturated carbocycles. The van der Waals surface area contributed by atoms with Crippen LogP contribution in [-0.4, -0.2) is 51.8 Å². The van der Waals surface area contributed by atoms with Crippen LogP contribution in [-0.2, 0) is 14.3 Å². The molecule has 0 aliphatic carbocycles. The van der Waals surface area contributed by atoms with Gasteiger partial charge in [0.25, 0.3) is 5.91 Å². The molecule has 1 aromatic rings. The third-order valence-electron chi connectivity index (χ3n) is 3.54. The molecule has 21 heavy (non-hydrogen) atoms. The Bertz CT molecular complexity index is 524. The normalized spacial score (nSPS) is 15.5. The van der Waals surface area contributed by atoms with E-state index in [1.54, 1.807) is 18.2 Å². The first kappa shape index (κ1) is 15.5. The molecule has 1 aliphatic rings. The largest absolute Gasteiger partial charge is 0.465 e. The molecule has 0 radical (unpaired) electrons. The van der Waals surface area contributed by atoms with Gasteiger partial charge in [-0.25, -0.2) is 4.79 Å². The molecule has 0 bridgehead atoms. The Kier molecular flexibility index (Phi) is 5.30. The lowest BCUT2D eigenvalue weighted by Crippen LogP contribution is -3.15. The van der Waals surface area contributed by atoms with Crippen LogP contribution in [0.5, 0.6) is 0 Å². The summed E-state index contributed by atoms with van der Waals surface area (Å²) >= 11 is 0. The molecule has 1 amide bonds. The molecule has 1 heterocycles. The summed E-state index contributed by atoms with van der Waals surface area (Å²) in [6.07, 6.45) is 0. The lowest BCUT2D eigenvalue weighted by Gasteiger charge is -2.23. The molecule has 1 saturated heterocycles. The number of anilines is 1. The monoisotopic (exact) mass is 293 g/mol. The van der Waals surface area contributed by atoms with Crippen LogP contribution in [0.15, 0.2) is 18.2 Å². The van der Waals surface area contributed by atoms with Gasteiger partial charge in [-0.2, -0.15) is 0 Å². The van der Waals surface area contributed by atoms with Crippen LogP contribution < -0.4 is 10.2 Å². The van der Waals surface area contributed by atoms with Crippen molar-refractivity contribution in [2.75, 3.05) is 45.3 Å². The Balaban J connectivity index is 2.00. The first-order valence-corrected chi connectivity index (χ1v) is 7.00. The number of aryl methyl sites for hydroxylation is 1. The lowest BCUT2D eigenvalue weighted by molar-refractivity contribution is -0.899. The van der Waals surface area contributed by atoms with E-state index in [-0.39, 0.29) is 5.91 Å². The SMILES string of the molecule is COC(=O)c1ccc(C)c(NC(=O)C[NH+]2CCOCC2)c1. The standard InChI is InChI=1S/C15H20N2O4/c1-11-3-4-12(15(19)20-2)9-13(11)16-14(18)10-17-5-7-21-8-6-17/h3-4,9H,5-8,10H2,1-2H3,(H,16,18)/p+1. The molecule has 6 nitrogen and oxygen atoms in total. The molecule has 1 aromatic carbocycles. The number of benzene rings is 1. The Hall–Kier alpha value is -1.92. The van der Waals surface area contributed by atoms with E-state index in [1.807, 2.05) is 6.92 Å². The number of methoxy groups -OCH3 is 1. The minimum atomic E-state index is -0.413. The van der Waals surface area contributed by atoms with Gasteiger partial charge in [-0.15, -0.1) is 0 Å². The van der Waals surface area contributed by atoms with Gasteiger partial charge in [-0.1, -0.05) is 6.07 Å². The summed E-state index contributed by atoms with van der Waals surface area (Å²) in [5.74, 6) is -0.471. The van der Waals surface area contributed by atoms with E-state index >= 15 is 0 Å². The van der Waals surface area contributed by atoms with Crippen molar-refractivity contribution in [3.8, 4) is 0 Å². The summed E-state index contributed by atoms with van der Waals surface area (Å²) in [4.78, 5) is 24.8. The third kappa shape index (κ3) is 4.27. The van der Waals surface area contributed by atoms with Gasteiger partial charge in [-0.3, -0.25) is 4.79 Å². The summed E-state index contributed by atoms with van der Waals surface area (Å²) in [5.41, 5.74) is 1.99. The summed E-state index contributed by atoms with van der Waals surface area (Å²) < 4.78 is 9.96. The molecule has 2 N–H and O–H groups in total. The summed E-state index contributed by atoms with van der Waals surface area (Å²) in [5, 5.41) is 2.87. The lowest BCUT2D eigenvalue weighted by atomic mass is 10.1. The van der Waals surface area contributed by atoms with Gasteiger partial charge in [0.2, 0.25) is 0 Å². The Morgan fingerprint density at radius 1 is 1.33 bits per heavy atom. The van der Waals surface area contributed by atoms with Gasteiger partial charge in [0, 0.05) is 5.69 Å². The van der Waals surface area contributed by atoms with E-state index in [0.29, 0.717) is 31.0 Å². The molecule has 0 atom stereocenters. The zero-order valence-corrected chi connectivity index (χ0v) is 12.4. The minimum Gasteiger partial charge on any atom is -0.465 e. The van der Waals surface area contributed by atoms with E-state index in [1.165, 1.54) is 12.0 Å². The third-order valence-corrected chi connectivity index (χ3v) is 3.54. The maximum atomic E-state index is 12.1. The van der Waals surface area contributed by atoms with Crippen LogP contribution >= 0.6 is 0 Å². The van der Waals surface area contributed by atoms with Gasteiger partial charge in [0.05, 0.1) is 25.9 Å². The molecule has 0 spiro atoms. The van der Waals surface area contributed by atoms with Crippen LogP contribution in [0.3, 0.4) is 0 Å². The number of hydrogen-bond acceptors (Lipinski definition) is 4. The molecular formula is C15H21N2O4+. The van der Waals surface area contributed by atoms with E-state index < -0.39 is 5.97 Å². The van der Waals surface area contributed by atoms with Crippen LogP contribution in [0.2, 0.25) is 0 Å². The van der Waals surface area contributed by atoms with Crippen LogP contribution in [0.4, 0.5) is 5.69 Å². The summed E-state index contributed by atoms with van der Waals surface area (Å²) in [6.45, 7) is 5.37. The zero-order chi connectivity index (χ0) is 15.2. The number of nitrogens with one attached hydrogen (secondary N) is 2. The number of quaternary nitrogens is 1. The maximum Gasteiger partial charge on any atom is 0.337 e. The van der Waals surface area contributed by atoms with E-state index in [2.05, 4.69) is 10.1 Å². The number of carbonyl (C=O) groups is 2.